The molecular weight excluding hydrogens is 234 g/mol. The molecule has 0 bridgehead atoms. The highest BCUT2D eigenvalue weighted by molar-refractivity contribution is 5.35. The molecule has 0 aliphatic carbocycles. The molecule has 7 nitrogen and oxygen atoms in total. The Balaban J connectivity index is 2.17. The summed E-state index contributed by atoms with van der Waals surface area (Å²) in [6.07, 6.45) is 1.63. The molecule has 3 N–H and O–H groups in total. The van der Waals surface area contributed by atoms with Crippen LogP contribution in [0.2, 0.25) is 0 Å². The van der Waals surface area contributed by atoms with Gasteiger partial charge in [-0.1, -0.05) is 13.8 Å². The van der Waals surface area contributed by atoms with Crippen molar-refractivity contribution in [2.45, 2.75) is 32.2 Å². The van der Waals surface area contributed by atoms with Crippen molar-refractivity contribution in [3.05, 3.63) is 22.6 Å². The van der Waals surface area contributed by atoms with Crippen LogP contribution in [0.1, 0.15) is 26.7 Å². The van der Waals surface area contributed by atoms with Gasteiger partial charge >= 0.3 is 5.69 Å². The van der Waals surface area contributed by atoms with E-state index < -0.39 is 0 Å². The number of aromatic nitrogens is 4. The van der Waals surface area contributed by atoms with E-state index in [1.807, 2.05) is 13.8 Å². The van der Waals surface area contributed by atoms with Crippen LogP contribution < -0.4 is 16.2 Å². The van der Waals surface area contributed by atoms with E-state index in [0.717, 1.165) is 17.4 Å². The van der Waals surface area contributed by atoms with Gasteiger partial charge in [0.25, 0.3) is 0 Å². The Morgan fingerprint density at radius 3 is 2.83 bits per heavy atom. The Labute approximate surface area is 104 Å². The Hall–Kier alpha value is -1.89. The van der Waals surface area contributed by atoms with Crippen LogP contribution >= 0.6 is 0 Å². The summed E-state index contributed by atoms with van der Waals surface area (Å²) in [7, 11) is 0. The first kappa shape index (κ1) is 12.6. The first-order chi connectivity index (χ1) is 8.58. The molecule has 2 heterocycles. The minimum Gasteiger partial charge on any atom is -0.475 e. The SMILES string of the molecule is CCC(N)(CC)COc1ccc2n[nH]c(=O)n2n1. The van der Waals surface area contributed by atoms with Crippen LogP contribution in [-0.4, -0.2) is 32.0 Å². The fourth-order valence-electron chi connectivity index (χ4n) is 1.53. The molecule has 2 rings (SSSR count). The predicted octanol–water partition coefficient (Wildman–Crippen LogP) is 0.314. The van der Waals surface area contributed by atoms with Gasteiger partial charge < -0.3 is 10.5 Å². The monoisotopic (exact) mass is 251 g/mol. The molecule has 2 aromatic rings. The zero-order chi connectivity index (χ0) is 13.2. The Kier molecular flexibility index (Phi) is 3.33. The Morgan fingerprint density at radius 2 is 2.17 bits per heavy atom. The lowest BCUT2D eigenvalue weighted by Gasteiger charge is -2.25. The highest BCUT2D eigenvalue weighted by atomic mass is 16.5. The summed E-state index contributed by atoms with van der Waals surface area (Å²) in [5.74, 6) is 0.364. The summed E-state index contributed by atoms with van der Waals surface area (Å²) < 4.78 is 6.71. The molecule has 7 heteroatoms. The van der Waals surface area contributed by atoms with Crippen LogP contribution in [0.15, 0.2) is 16.9 Å². The fraction of sp³-hybridized carbons (Fsp3) is 0.545. The third kappa shape index (κ3) is 2.35. The van der Waals surface area contributed by atoms with Crippen molar-refractivity contribution in [3.8, 4) is 5.88 Å². The molecule has 2 aromatic heterocycles. The first-order valence-electron chi connectivity index (χ1n) is 5.94. The minimum absolute atomic E-state index is 0.363. The number of ether oxygens (including phenoxy) is 1. The lowest BCUT2D eigenvalue weighted by Crippen LogP contribution is -2.44. The lowest BCUT2D eigenvalue weighted by atomic mass is 9.96. The summed E-state index contributed by atoms with van der Waals surface area (Å²) in [4.78, 5) is 11.3. The number of hydrogen-bond donors (Lipinski definition) is 2. The maximum atomic E-state index is 11.3. The third-order valence-electron chi connectivity index (χ3n) is 3.16. The summed E-state index contributed by atoms with van der Waals surface area (Å²) in [5, 5.41) is 10.1. The smallest absolute Gasteiger partial charge is 0.364 e. The van der Waals surface area contributed by atoms with E-state index in [9.17, 15) is 4.79 Å². The molecule has 18 heavy (non-hydrogen) atoms. The van der Waals surface area contributed by atoms with Gasteiger partial charge in [0.1, 0.15) is 6.61 Å². The Morgan fingerprint density at radius 1 is 1.44 bits per heavy atom. The fourth-order valence-corrected chi connectivity index (χ4v) is 1.53. The van der Waals surface area contributed by atoms with Crippen molar-refractivity contribution >= 4 is 5.65 Å². The molecule has 0 saturated carbocycles. The van der Waals surface area contributed by atoms with Crippen molar-refractivity contribution in [1.82, 2.24) is 19.8 Å². The van der Waals surface area contributed by atoms with Crippen LogP contribution in [0.4, 0.5) is 0 Å². The van der Waals surface area contributed by atoms with Crippen molar-refractivity contribution in [2.75, 3.05) is 6.61 Å². The molecule has 98 valence electrons. The number of hydrogen-bond acceptors (Lipinski definition) is 5. The maximum absolute atomic E-state index is 11.3. The number of rotatable bonds is 5. The van der Waals surface area contributed by atoms with Crippen LogP contribution in [0.5, 0.6) is 5.88 Å². The van der Waals surface area contributed by atoms with Gasteiger partial charge in [-0.15, -0.1) is 5.10 Å². The molecule has 0 fully saturated rings. The third-order valence-corrected chi connectivity index (χ3v) is 3.16. The van der Waals surface area contributed by atoms with Crippen molar-refractivity contribution < 1.29 is 4.74 Å². The van der Waals surface area contributed by atoms with E-state index in [1.54, 1.807) is 12.1 Å². The van der Waals surface area contributed by atoms with Gasteiger partial charge in [0, 0.05) is 11.6 Å². The molecule has 0 radical (unpaired) electrons. The van der Waals surface area contributed by atoms with Crippen LogP contribution in [-0.2, 0) is 0 Å². The average Bonchev–Trinajstić information content (AvgIpc) is 2.77. The Bertz CT molecular complexity index is 584. The van der Waals surface area contributed by atoms with E-state index in [1.165, 1.54) is 0 Å². The van der Waals surface area contributed by atoms with Crippen molar-refractivity contribution in [2.24, 2.45) is 5.73 Å². The molecule has 0 atom stereocenters. The van der Waals surface area contributed by atoms with Crippen LogP contribution in [0.25, 0.3) is 5.65 Å². The van der Waals surface area contributed by atoms with E-state index >= 15 is 0 Å². The van der Waals surface area contributed by atoms with Gasteiger partial charge in [-0.05, 0) is 18.9 Å². The van der Waals surface area contributed by atoms with Crippen LogP contribution in [0.3, 0.4) is 0 Å². The van der Waals surface area contributed by atoms with Gasteiger partial charge in [-0.25, -0.2) is 9.89 Å². The number of H-pyrrole nitrogens is 1. The lowest BCUT2D eigenvalue weighted by molar-refractivity contribution is 0.198. The zero-order valence-corrected chi connectivity index (χ0v) is 10.5. The topological polar surface area (TPSA) is 98.3 Å². The normalized spacial score (nSPS) is 11.9. The van der Waals surface area contributed by atoms with Crippen LogP contribution in [0, 0.1) is 0 Å². The van der Waals surface area contributed by atoms with Gasteiger partial charge in [-0.2, -0.15) is 9.61 Å². The highest BCUT2D eigenvalue weighted by Crippen LogP contribution is 2.14. The highest BCUT2D eigenvalue weighted by Gasteiger charge is 2.21. The van der Waals surface area contributed by atoms with Gasteiger partial charge in [-0.3, -0.25) is 0 Å². The zero-order valence-electron chi connectivity index (χ0n) is 10.5. The minimum atomic E-state index is -0.388. The number of nitrogens with two attached hydrogens (primary N) is 1. The second-order valence-corrected chi connectivity index (χ2v) is 4.33. The summed E-state index contributed by atoms with van der Waals surface area (Å²) in [5.41, 5.74) is 5.83. The first-order valence-corrected chi connectivity index (χ1v) is 5.94. The maximum Gasteiger partial charge on any atom is 0.364 e. The molecule has 0 aliphatic rings. The molecule has 0 aromatic carbocycles. The van der Waals surface area contributed by atoms with E-state index in [0.29, 0.717) is 18.1 Å². The number of nitrogens with one attached hydrogen (secondary N) is 1. The second-order valence-electron chi connectivity index (χ2n) is 4.33. The molecule has 0 unspecified atom stereocenters. The van der Waals surface area contributed by atoms with E-state index in [2.05, 4.69) is 15.3 Å². The molecule has 0 saturated heterocycles. The summed E-state index contributed by atoms with van der Waals surface area (Å²) in [6, 6.07) is 3.33. The molecule has 0 aliphatic heterocycles. The predicted molar refractivity (Wildman–Crippen MR) is 66.6 cm³/mol. The average molecular weight is 251 g/mol. The number of aromatic amines is 1. The number of nitrogens with zero attached hydrogens (tertiary/aromatic N) is 3. The molecule has 0 spiro atoms. The molecular formula is C11H17N5O2. The second kappa shape index (κ2) is 4.77. The largest absolute Gasteiger partial charge is 0.475 e. The van der Waals surface area contributed by atoms with Gasteiger partial charge in [0.05, 0.1) is 0 Å². The van der Waals surface area contributed by atoms with Gasteiger partial charge in [0.2, 0.25) is 5.88 Å². The summed E-state index contributed by atoms with van der Waals surface area (Å²) in [6.45, 7) is 4.40. The summed E-state index contributed by atoms with van der Waals surface area (Å²) >= 11 is 0. The van der Waals surface area contributed by atoms with Crippen molar-refractivity contribution in [1.29, 1.82) is 0 Å². The van der Waals surface area contributed by atoms with E-state index in [-0.39, 0.29) is 11.2 Å². The number of fused-ring (bicyclic) bond motifs is 1. The van der Waals surface area contributed by atoms with E-state index in [4.69, 9.17) is 10.5 Å². The molecule has 0 amide bonds. The van der Waals surface area contributed by atoms with Gasteiger partial charge in [0.15, 0.2) is 5.65 Å². The quantitative estimate of drug-likeness (QED) is 0.797. The standard InChI is InChI=1S/C11H17N5O2/c1-3-11(12,4-2)7-18-9-6-5-8-13-14-10(17)16(8)15-9/h5-6H,3-4,7,12H2,1-2H3,(H,14,17). The van der Waals surface area contributed by atoms with Crippen molar-refractivity contribution in [3.63, 3.8) is 0 Å².